The molecule has 0 bridgehead atoms. The molecule has 0 saturated carbocycles. The lowest BCUT2D eigenvalue weighted by atomic mass is 9.33. The van der Waals surface area contributed by atoms with Gasteiger partial charge in [-0.3, -0.25) is 0 Å². The van der Waals surface area contributed by atoms with E-state index in [2.05, 4.69) is 239 Å². The molecule has 3 heteroatoms. The summed E-state index contributed by atoms with van der Waals surface area (Å²) in [5.41, 5.74) is 25.3. The molecule has 0 spiro atoms. The van der Waals surface area contributed by atoms with Gasteiger partial charge < -0.3 is 9.80 Å². The topological polar surface area (TPSA) is 6.48 Å². The predicted molar refractivity (Wildman–Crippen MR) is 283 cm³/mol. The zero-order chi connectivity index (χ0) is 46.0. The first-order chi connectivity index (χ1) is 30.7. The highest BCUT2D eigenvalue weighted by atomic mass is 15.2. The number of rotatable bonds is 5. The highest BCUT2D eigenvalue weighted by molar-refractivity contribution is 7.00. The van der Waals surface area contributed by atoms with Crippen LogP contribution >= 0.6 is 0 Å². The normalized spacial score (nSPS) is 15.2. The van der Waals surface area contributed by atoms with E-state index in [0.29, 0.717) is 5.92 Å². The third-order valence-electron chi connectivity index (χ3n) is 14.7. The van der Waals surface area contributed by atoms with Crippen molar-refractivity contribution in [1.82, 2.24) is 0 Å². The van der Waals surface area contributed by atoms with Crippen molar-refractivity contribution < 1.29 is 0 Å². The SMILES string of the molecule is CC(C)c1cc2c3c(c1)N(c1ccc(C(C)(C)C)cc1-c1ccccc1-c1ccccc1)c1cc4c(cc1B3c1ccc(C(C)(C)C)cc1N2c1cccc(C(C)(C)C)c1)CC(C)(C)C4. The highest BCUT2D eigenvalue weighted by Crippen LogP contribution is 2.51. The molecule has 10 rings (SSSR count). The van der Waals surface area contributed by atoms with Gasteiger partial charge in [0.05, 0.1) is 5.69 Å². The molecule has 65 heavy (non-hydrogen) atoms. The van der Waals surface area contributed by atoms with E-state index in [1.165, 1.54) is 106 Å². The molecule has 7 aromatic carbocycles. The van der Waals surface area contributed by atoms with Gasteiger partial charge in [-0.15, -0.1) is 0 Å². The minimum absolute atomic E-state index is 0.000811. The number of nitrogens with zero attached hydrogens (tertiary/aromatic N) is 2. The minimum atomic E-state index is -0.0410. The van der Waals surface area contributed by atoms with Crippen LogP contribution in [0.5, 0.6) is 0 Å². The van der Waals surface area contributed by atoms with Crippen molar-refractivity contribution >= 4 is 57.2 Å². The lowest BCUT2D eigenvalue weighted by Crippen LogP contribution is -2.61. The van der Waals surface area contributed by atoms with E-state index in [0.717, 1.165) is 12.8 Å². The molecule has 2 nitrogen and oxygen atoms in total. The molecule has 0 radical (unpaired) electrons. The number of anilines is 6. The lowest BCUT2D eigenvalue weighted by Gasteiger charge is -2.45. The van der Waals surface area contributed by atoms with Crippen molar-refractivity contribution in [3.05, 3.63) is 173 Å². The molecule has 2 heterocycles. The number of hydrogen-bond donors (Lipinski definition) is 0. The Hall–Kier alpha value is -5.80. The molecule has 2 aliphatic heterocycles. The van der Waals surface area contributed by atoms with E-state index < -0.39 is 0 Å². The van der Waals surface area contributed by atoms with Gasteiger partial charge in [-0.1, -0.05) is 181 Å². The van der Waals surface area contributed by atoms with Crippen molar-refractivity contribution in [1.29, 1.82) is 0 Å². The van der Waals surface area contributed by atoms with Gasteiger partial charge in [0, 0.05) is 34.0 Å². The first kappa shape index (κ1) is 43.1. The van der Waals surface area contributed by atoms with E-state index in [-0.39, 0.29) is 28.4 Å². The van der Waals surface area contributed by atoms with E-state index in [4.69, 9.17) is 0 Å². The second kappa shape index (κ2) is 15.1. The molecule has 0 saturated heterocycles. The number of benzene rings is 7. The van der Waals surface area contributed by atoms with Gasteiger partial charge in [0.15, 0.2) is 0 Å². The first-order valence-electron chi connectivity index (χ1n) is 24.2. The summed E-state index contributed by atoms with van der Waals surface area (Å²) in [6, 6.07) is 54.5. The number of fused-ring (bicyclic) bond motifs is 5. The number of hydrogen-bond acceptors (Lipinski definition) is 2. The summed E-state index contributed by atoms with van der Waals surface area (Å²) < 4.78 is 0. The van der Waals surface area contributed by atoms with Gasteiger partial charge in [0.2, 0.25) is 0 Å². The van der Waals surface area contributed by atoms with E-state index in [1.807, 2.05) is 0 Å². The van der Waals surface area contributed by atoms with Gasteiger partial charge in [-0.2, -0.15) is 0 Å². The molecular formula is C62H67BN2. The van der Waals surface area contributed by atoms with Crippen LogP contribution in [0.4, 0.5) is 34.1 Å². The molecule has 0 atom stereocenters. The molecule has 0 amide bonds. The quantitative estimate of drug-likeness (QED) is 0.159. The Morgan fingerprint density at radius 3 is 1.69 bits per heavy atom. The van der Waals surface area contributed by atoms with Crippen molar-refractivity contribution in [3.63, 3.8) is 0 Å². The van der Waals surface area contributed by atoms with E-state index in [9.17, 15) is 0 Å². The van der Waals surface area contributed by atoms with E-state index >= 15 is 0 Å². The first-order valence-corrected chi connectivity index (χ1v) is 24.2. The predicted octanol–water partition coefficient (Wildman–Crippen LogP) is 15.2. The Labute approximate surface area is 390 Å². The van der Waals surface area contributed by atoms with Gasteiger partial charge in [-0.05, 0) is 155 Å². The maximum absolute atomic E-state index is 2.70. The zero-order valence-corrected chi connectivity index (χ0v) is 41.2. The summed E-state index contributed by atoms with van der Waals surface area (Å²) in [5.74, 6) is 0.311. The average Bonchev–Trinajstić information content (AvgIpc) is 3.57. The van der Waals surface area contributed by atoms with E-state index in [1.54, 1.807) is 0 Å². The van der Waals surface area contributed by atoms with Crippen molar-refractivity contribution in [2.75, 3.05) is 9.80 Å². The Morgan fingerprint density at radius 1 is 0.462 bits per heavy atom. The Kier molecular flexibility index (Phi) is 10.0. The maximum Gasteiger partial charge on any atom is 0.252 e. The van der Waals surface area contributed by atoms with Crippen LogP contribution in [0.15, 0.2) is 140 Å². The van der Waals surface area contributed by atoms with Gasteiger partial charge in [0.25, 0.3) is 6.71 Å². The molecule has 0 aromatic heterocycles. The van der Waals surface area contributed by atoms with Crippen LogP contribution in [0.25, 0.3) is 22.3 Å². The largest absolute Gasteiger partial charge is 0.311 e. The van der Waals surface area contributed by atoms with Crippen LogP contribution in [0, 0.1) is 5.41 Å². The fourth-order valence-corrected chi connectivity index (χ4v) is 11.0. The van der Waals surface area contributed by atoms with Gasteiger partial charge in [0.1, 0.15) is 0 Å². The highest BCUT2D eigenvalue weighted by Gasteiger charge is 2.46. The van der Waals surface area contributed by atoms with Crippen LogP contribution in [0.3, 0.4) is 0 Å². The molecule has 0 fully saturated rings. The van der Waals surface area contributed by atoms with Crippen LogP contribution in [-0.2, 0) is 29.1 Å². The summed E-state index contributed by atoms with van der Waals surface area (Å²) in [7, 11) is 0. The third kappa shape index (κ3) is 7.44. The third-order valence-corrected chi connectivity index (χ3v) is 14.7. The second-order valence-corrected chi connectivity index (χ2v) is 23.6. The Bertz CT molecular complexity index is 3000. The molecule has 7 aromatic rings. The van der Waals surface area contributed by atoms with Crippen molar-refractivity contribution in [2.45, 2.75) is 125 Å². The molecule has 1 aliphatic carbocycles. The minimum Gasteiger partial charge on any atom is -0.311 e. The summed E-state index contributed by atoms with van der Waals surface area (Å²) in [6.07, 6.45) is 2.17. The van der Waals surface area contributed by atoms with Gasteiger partial charge >= 0.3 is 0 Å². The van der Waals surface area contributed by atoms with Crippen molar-refractivity contribution in [2.24, 2.45) is 5.41 Å². The average molecular weight is 851 g/mol. The van der Waals surface area contributed by atoms with Crippen LogP contribution < -0.4 is 26.2 Å². The standard InChI is InChI=1S/C62H67BN2/c1-39(2)41-31-56-58-57(32-41)65(53-29-27-45(60(6,7)8)35-50(53)49-25-18-17-24-48(49)40-20-15-14-16-21-40)54-33-43-38-62(12,13)37-42(43)30-52(54)63(58)51-28-26-46(61(9,10)11)36-55(51)64(56)47-23-19-22-44(34-47)59(3,4)5/h14-36,39H,37-38H2,1-13H3. The molecule has 3 aliphatic rings. The molecule has 0 N–H and O–H groups in total. The zero-order valence-electron chi connectivity index (χ0n) is 41.2. The Morgan fingerprint density at radius 2 is 1.03 bits per heavy atom. The molecule has 328 valence electrons. The second-order valence-electron chi connectivity index (χ2n) is 23.6. The lowest BCUT2D eigenvalue weighted by molar-refractivity contribution is 0.392. The Balaban J connectivity index is 1.34. The van der Waals surface area contributed by atoms with Crippen LogP contribution in [0.1, 0.15) is 129 Å². The van der Waals surface area contributed by atoms with Crippen molar-refractivity contribution in [3.8, 4) is 22.3 Å². The summed E-state index contributed by atoms with van der Waals surface area (Å²) in [5, 5.41) is 0. The summed E-state index contributed by atoms with van der Waals surface area (Å²) >= 11 is 0. The maximum atomic E-state index is 2.70. The smallest absolute Gasteiger partial charge is 0.252 e. The van der Waals surface area contributed by atoms with Crippen LogP contribution in [-0.4, -0.2) is 6.71 Å². The fraction of sp³-hybridized carbons (Fsp3) is 0.323. The molecular weight excluding hydrogens is 784 g/mol. The van der Waals surface area contributed by atoms with Crippen LogP contribution in [0.2, 0.25) is 0 Å². The monoisotopic (exact) mass is 851 g/mol. The van der Waals surface area contributed by atoms with Gasteiger partial charge in [-0.25, -0.2) is 0 Å². The summed E-state index contributed by atoms with van der Waals surface area (Å²) in [4.78, 5) is 5.33. The fourth-order valence-electron chi connectivity index (χ4n) is 11.0. The molecule has 0 unspecified atom stereocenters. The summed E-state index contributed by atoms with van der Waals surface area (Å²) in [6.45, 7) is 30.7.